The molecule has 4 heteroatoms. The number of β-amino-alcohol motifs (C(OH)–C–C–N with tert-alkyl or cyclic N) is 1. The summed E-state index contributed by atoms with van der Waals surface area (Å²) in [5.74, 6) is 0.0894. The highest BCUT2D eigenvalue weighted by Gasteiger charge is 2.34. The van der Waals surface area contributed by atoms with Crippen LogP contribution < -0.4 is 10.2 Å². The van der Waals surface area contributed by atoms with E-state index >= 15 is 0 Å². The van der Waals surface area contributed by atoms with Crippen LogP contribution in [0.5, 0.6) is 0 Å². The van der Waals surface area contributed by atoms with E-state index in [9.17, 15) is 9.90 Å². The number of aliphatic hydroxyl groups is 1. The molecule has 0 saturated carbocycles. The molecule has 17 heavy (non-hydrogen) atoms. The predicted octanol–water partition coefficient (Wildman–Crippen LogP) is 0.298. The first-order chi connectivity index (χ1) is 8.25. The van der Waals surface area contributed by atoms with E-state index in [0.717, 1.165) is 18.7 Å². The zero-order valence-electron chi connectivity index (χ0n) is 9.60. The van der Waals surface area contributed by atoms with Gasteiger partial charge >= 0.3 is 0 Å². The van der Waals surface area contributed by atoms with Gasteiger partial charge < -0.3 is 15.3 Å². The van der Waals surface area contributed by atoms with Crippen molar-refractivity contribution < 1.29 is 9.90 Å². The van der Waals surface area contributed by atoms with Gasteiger partial charge in [0.25, 0.3) is 0 Å². The van der Waals surface area contributed by atoms with Crippen molar-refractivity contribution in [3.05, 3.63) is 29.8 Å². The largest absolute Gasteiger partial charge is 0.392 e. The molecule has 2 atom stereocenters. The number of fused-ring (bicyclic) bond motifs is 1. The Balaban J connectivity index is 1.80. The number of para-hydroxylation sites is 1. The Bertz CT molecular complexity index is 447. The van der Waals surface area contributed by atoms with E-state index in [1.165, 1.54) is 5.56 Å². The number of amides is 1. The van der Waals surface area contributed by atoms with Crippen LogP contribution in [0.4, 0.5) is 5.69 Å². The number of hydrogen-bond donors (Lipinski definition) is 2. The molecule has 2 N–H and O–H groups in total. The van der Waals surface area contributed by atoms with Crippen LogP contribution >= 0.6 is 0 Å². The summed E-state index contributed by atoms with van der Waals surface area (Å²) in [6.45, 7) is 1.28. The normalized spacial score (nSPS) is 27.2. The lowest BCUT2D eigenvalue weighted by Crippen LogP contribution is -2.42. The molecule has 1 fully saturated rings. The maximum Gasteiger partial charge on any atom is 0.244 e. The van der Waals surface area contributed by atoms with Gasteiger partial charge in [-0.1, -0.05) is 18.2 Å². The number of nitrogens with one attached hydrogen (secondary N) is 1. The Morgan fingerprint density at radius 3 is 3.00 bits per heavy atom. The zero-order chi connectivity index (χ0) is 11.8. The van der Waals surface area contributed by atoms with Gasteiger partial charge in [0.05, 0.1) is 12.1 Å². The maximum atomic E-state index is 12.3. The summed E-state index contributed by atoms with van der Waals surface area (Å²) in [6, 6.07) is 7.80. The predicted molar refractivity (Wildman–Crippen MR) is 64.9 cm³/mol. The quantitative estimate of drug-likeness (QED) is 0.732. The average molecular weight is 232 g/mol. The van der Waals surface area contributed by atoms with Crippen LogP contribution in [0.15, 0.2) is 24.3 Å². The molecule has 0 radical (unpaired) electrons. The first kappa shape index (κ1) is 10.7. The first-order valence-electron chi connectivity index (χ1n) is 6.06. The number of rotatable bonds is 1. The highest BCUT2D eigenvalue weighted by Crippen LogP contribution is 2.28. The van der Waals surface area contributed by atoms with Crippen molar-refractivity contribution in [1.82, 2.24) is 5.32 Å². The molecule has 0 aliphatic carbocycles. The summed E-state index contributed by atoms with van der Waals surface area (Å²) >= 11 is 0. The summed E-state index contributed by atoms with van der Waals surface area (Å²) in [6.07, 6.45) is 1.07. The standard InChI is InChI=1S/C13H16N2O2/c16-10-7-11(14-8-10)13(17)15-6-5-9-3-1-2-4-12(9)15/h1-4,10-11,14,16H,5-8H2/t10-,11-/m1/s1. The number of benzene rings is 1. The van der Waals surface area contributed by atoms with Crippen LogP contribution in [0.1, 0.15) is 12.0 Å². The van der Waals surface area contributed by atoms with E-state index in [2.05, 4.69) is 11.4 Å². The maximum absolute atomic E-state index is 12.3. The molecule has 90 valence electrons. The number of aliphatic hydroxyl groups excluding tert-OH is 1. The lowest BCUT2D eigenvalue weighted by Gasteiger charge is -2.21. The van der Waals surface area contributed by atoms with E-state index in [4.69, 9.17) is 0 Å². The summed E-state index contributed by atoms with van der Waals surface area (Å²) in [7, 11) is 0. The van der Waals surface area contributed by atoms with Crippen molar-refractivity contribution in [3.63, 3.8) is 0 Å². The van der Waals surface area contributed by atoms with E-state index in [-0.39, 0.29) is 18.1 Å². The second-order valence-electron chi connectivity index (χ2n) is 4.72. The lowest BCUT2D eigenvalue weighted by molar-refractivity contribution is -0.120. The van der Waals surface area contributed by atoms with Gasteiger partial charge in [-0.15, -0.1) is 0 Å². The number of carbonyl (C=O) groups is 1. The van der Waals surface area contributed by atoms with Crippen LogP contribution in [0, 0.1) is 0 Å². The first-order valence-corrected chi connectivity index (χ1v) is 6.06. The van der Waals surface area contributed by atoms with Crippen LogP contribution in [-0.4, -0.2) is 36.2 Å². The molecule has 2 aliphatic heterocycles. The minimum Gasteiger partial charge on any atom is -0.392 e. The minimum atomic E-state index is -0.387. The summed E-state index contributed by atoms with van der Waals surface area (Å²) < 4.78 is 0. The van der Waals surface area contributed by atoms with E-state index in [1.807, 2.05) is 23.1 Å². The molecule has 2 heterocycles. The highest BCUT2D eigenvalue weighted by atomic mass is 16.3. The van der Waals surface area contributed by atoms with Crippen molar-refractivity contribution in [2.75, 3.05) is 18.0 Å². The molecule has 1 aromatic carbocycles. The fourth-order valence-electron chi connectivity index (χ4n) is 2.66. The Kier molecular flexibility index (Phi) is 2.61. The van der Waals surface area contributed by atoms with Crippen molar-refractivity contribution in [3.8, 4) is 0 Å². The molecule has 0 bridgehead atoms. The Morgan fingerprint density at radius 2 is 2.24 bits per heavy atom. The molecule has 2 aliphatic rings. The van der Waals surface area contributed by atoms with E-state index < -0.39 is 0 Å². The summed E-state index contributed by atoms with van der Waals surface area (Å²) in [5.41, 5.74) is 2.26. The zero-order valence-corrected chi connectivity index (χ0v) is 9.60. The second kappa shape index (κ2) is 4.13. The molecule has 1 amide bonds. The van der Waals surface area contributed by atoms with E-state index in [0.29, 0.717) is 13.0 Å². The summed E-state index contributed by atoms with van der Waals surface area (Å²) in [4.78, 5) is 14.1. The molecule has 0 aromatic heterocycles. The highest BCUT2D eigenvalue weighted by molar-refractivity contribution is 5.99. The number of nitrogens with zero attached hydrogens (tertiary/aromatic N) is 1. The lowest BCUT2D eigenvalue weighted by atomic mass is 10.1. The Labute approximate surface area is 100 Å². The molecule has 0 spiro atoms. The number of anilines is 1. The number of hydrogen-bond acceptors (Lipinski definition) is 3. The minimum absolute atomic E-state index is 0.0894. The topological polar surface area (TPSA) is 52.6 Å². The monoisotopic (exact) mass is 232 g/mol. The number of carbonyl (C=O) groups excluding carboxylic acids is 1. The third-order valence-electron chi connectivity index (χ3n) is 3.56. The van der Waals surface area contributed by atoms with Gasteiger partial charge in [0.2, 0.25) is 5.91 Å². The van der Waals surface area contributed by atoms with Crippen molar-refractivity contribution in [2.24, 2.45) is 0 Å². The van der Waals surface area contributed by atoms with Crippen molar-refractivity contribution >= 4 is 11.6 Å². The van der Waals surface area contributed by atoms with Gasteiger partial charge in [-0.2, -0.15) is 0 Å². The fraction of sp³-hybridized carbons (Fsp3) is 0.462. The van der Waals surface area contributed by atoms with Gasteiger partial charge in [-0.3, -0.25) is 4.79 Å². The van der Waals surface area contributed by atoms with Gasteiger partial charge in [0, 0.05) is 18.8 Å². The third-order valence-corrected chi connectivity index (χ3v) is 3.56. The molecule has 1 aromatic rings. The fourth-order valence-corrected chi connectivity index (χ4v) is 2.66. The van der Waals surface area contributed by atoms with Crippen LogP contribution in [-0.2, 0) is 11.2 Å². The molecule has 3 rings (SSSR count). The smallest absolute Gasteiger partial charge is 0.244 e. The molecular weight excluding hydrogens is 216 g/mol. The van der Waals surface area contributed by atoms with Crippen LogP contribution in [0.2, 0.25) is 0 Å². The third kappa shape index (κ3) is 1.83. The Morgan fingerprint density at radius 1 is 1.41 bits per heavy atom. The van der Waals surface area contributed by atoms with Crippen molar-refractivity contribution in [1.29, 1.82) is 0 Å². The van der Waals surface area contributed by atoms with E-state index in [1.54, 1.807) is 0 Å². The second-order valence-corrected chi connectivity index (χ2v) is 4.72. The van der Waals surface area contributed by atoms with Gasteiger partial charge in [0.1, 0.15) is 0 Å². The van der Waals surface area contributed by atoms with Crippen molar-refractivity contribution in [2.45, 2.75) is 25.0 Å². The van der Waals surface area contributed by atoms with Gasteiger partial charge in [-0.25, -0.2) is 0 Å². The summed E-state index contributed by atoms with van der Waals surface area (Å²) in [5, 5.41) is 12.5. The van der Waals surface area contributed by atoms with Crippen LogP contribution in [0.25, 0.3) is 0 Å². The van der Waals surface area contributed by atoms with Gasteiger partial charge in [-0.05, 0) is 24.5 Å². The Hall–Kier alpha value is -1.39. The van der Waals surface area contributed by atoms with Crippen LogP contribution in [0.3, 0.4) is 0 Å². The van der Waals surface area contributed by atoms with Gasteiger partial charge in [0.15, 0.2) is 0 Å². The molecular formula is C13H16N2O2. The molecule has 4 nitrogen and oxygen atoms in total. The average Bonchev–Trinajstić information content (AvgIpc) is 2.94. The molecule has 0 unspecified atom stereocenters. The SMILES string of the molecule is O=C([C@H]1C[C@@H](O)CN1)N1CCc2ccccc21. The molecule has 1 saturated heterocycles.